The van der Waals surface area contributed by atoms with Crippen LogP contribution in [0.15, 0.2) is 6.20 Å². The van der Waals surface area contributed by atoms with Crippen LogP contribution in [0.4, 0.5) is 0 Å². The van der Waals surface area contributed by atoms with Gasteiger partial charge in [-0.25, -0.2) is 4.98 Å². The molecule has 0 aliphatic rings. The Morgan fingerprint density at radius 1 is 1.56 bits per heavy atom. The molecule has 1 rings (SSSR count). The summed E-state index contributed by atoms with van der Waals surface area (Å²) in [7, 11) is 1.85. The Kier molecular flexibility index (Phi) is 5.62. The molecule has 1 amide bonds. The fourth-order valence-electron chi connectivity index (χ4n) is 1.73. The van der Waals surface area contributed by atoms with Gasteiger partial charge >= 0.3 is 0 Å². The van der Waals surface area contributed by atoms with E-state index in [1.54, 1.807) is 10.8 Å². The van der Waals surface area contributed by atoms with Crippen LogP contribution in [0.3, 0.4) is 0 Å². The van der Waals surface area contributed by atoms with E-state index in [2.05, 4.69) is 10.3 Å². The van der Waals surface area contributed by atoms with E-state index in [1.807, 2.05) is 32.7 Å². The molecule has 1 aromatic rings. The second-order valence-electron chi connectivity index (χ2n) is 4.17. The van der Waals surface area contributed by atoms with Gasteiger partial charge in [0.05, 0.1) is 18.8 Å². The van der Waals surface area contributed by atoms with Crippen LogP contribution in [0.1, 0.15) is 26.6 Å². The van der Waals surface area contributed by atoms with Crippen molar-refractivity contribution in [2.75, 3.05) is 13.1 Å². The number of amides is 1. The van der Waals surface area contributed by atoms with Crippen LogP contribution >= 0.6 is 11.6 Å². The lowest BCUT2D eigenvalue weighted by atomic mass is 10.2. The Morgan fingerprint density at radius 3 is 2.61 bits per heavy atom. The summed E-state index contributed by atoms with van der Waals surface area (Å²) in [6.45, 7) is 7.81. The highest BCUT2D eigenvalue weighted by Crippen LogP contribution is 2.08. The Bertz CT molecular complexity index is 401. The van der Waals surface area contributed by atoms with Crippen molar-refractivity contribution in [3.8, 4) is 0 Å². The Balaban J connectivity index is 2.53. The molecule has 0 aliphatic heterocycles. The van der Waals surface area contributed by atoms with E-state index >= 15 is 0 Å². The average molecular weight is 273 g/mol. The van der Waals surface area contributed by atoms with Crippen molar-refractivity contribution in [3.05, 3.63) is 17.2 Å². The third kappa shape index (κ3) is 3.46. The van der Waals surface area contributed by atoms with Gasteiger partial charge < -0.3 is 9.47 Å². The summed E-state index contributed by atoms with van der Waals surface area (Å²) in [6.07, 6.45) is 1.61. The molecule has 0 saturated carbocycles. The first-order valence-corrected chi connectivity index (χ1v) is 6.57. The number of aromatic nitrogens is 2. The summed E-state index contributed by atoms with van der Waals surface area (Å²) in [5.41, 5.74) is 0. The number of halogens is 1. The predicted octanol–water partition coefficient (Wildman–Crippen LogP) is 1.42. The fraction of sp³-hybridized carbons (Fsp3) is 0.667. The molecule has 0 spiro atoms. The number of rotatable bonds is 6. The lowest BCUT2D eigenvalue weighted by Crippen LogP contribution is -2.44. The van der Waals surface area contributed by atoms with Crippen LogP contribution in [-0.4, -0.2) is 39.5 Å². The SMILES string of the molecule is CCN(CC)C(=O)C(C)NCc1ncc(Cl)n1C. The smallest absolute Gasteiger partial charge is 0.239 e. The van der Waals surface area contributed by atoms with Gasteiger partial charge in [0.2, 0.25) is 5.91 Å². The summed E-state index contributed by atoms with van der Waals surface area (Å²) in [5, 5.41) is 3.76. The molecular formula is C12H21ClN4O. The van der Waals surface area contributed by atoms with Crippen molar-refractivity contribution >= 4 is 17.5 Å². The maximum atomic E-state index is 12.0. The maximum Gasteiger partial charge on any atom is 0.239 e. The molecule has 0 saturated heterocycles. The molecule has 1 unspecified atom stereocenters. The normalized spacial score (nSPS) is 12.5. The van der Waals surface area contributed by atoms with E-state index in [4.69, 9.17) is 11.6 Å². The van der Waals surface area contributed by atoms with Crippen LogP contribution < -0.4 is 5.32 Å². The molecule has 0 fully saturated rings. The van der Waals surface area contributed by atoms with Crippen LogP contribution in [0, 0.1) is 0 Å². The largest absolute Gasteiger partial charge is 0.342 e. The Morgan fingerprint density at radius 2 is 2.17 bits per heavy atom. The third-order valence-electron chi connectivity index (χ3n) is 3.04. The second kappa shape index (κ2) is 6.75. The monoisotopic (exact) mass is 272 g/mol. The third-order valence-corrected chi connectivity index (χ3v) is 3.39. The van der Waals surface area contributed by atoms with Crippen molar-refractivity contribution in [1.29, 1.82) is 0 Å². The molecule has 1 N–H and O–H groups in total. The number of carbonyl (C=O) groups is 1. The molecule has 1 heterocycles. The summed E-state index contributed by atoms with van der Waals surface area (Å²) in [5.74, 6) is 0.930. The summed E-state index contributed by atoms with van der Waals surface area (Å²) in [4.78, 5) is 18.0. The number of hydrogen-bond acceptors (Lipinski definition) is 3. The minimum atomic E-state index is -0.222. The Hall–Kier alpha value is -1.07. The number of carbonyl (C=O) groups excluding carboxylic acids is 1. The van der Waals surface area contributed by atoms with E-state index in [0.29, 0.717) is 11.7 Å². The lowest BCUT2D eigenvalue weighted by molar-refractivity contribution is -0.132. The zero-order valence-corrected chi connectivity index (χ0v) is 12.2. The fourth-order valence-corrected chi connectivity index (χ4v) is 1.88. The van der Waals surface area contributed by atoms with Gasteiger partial charge in [0.25, 0.3) is 0 Å². The second-order valence-corrected chi connectivity index (χ2v) is 4.56. The molecule has 6 heteroatoms. The van der Waals surface area contributed by atoms with Gasteiger partial charge in [-0.2, -0.15) is 0 Å². The molecule has 1 atom stereocenters. The first-order chi connectivity index (χ1) is 8.51. The quantitative estimate of drug-likeness (QED) is 0.852. The van der Waals surface area contributed by atoms with Gasteiger partial charge in [-0.05, 0) is 20.8 Å². The number of imidazole rings is 1. The minimum Gasteiger partial charge on any atom is -0.342 e. The Labute approximate surface area is 113 Å². The number of likely N-dealkylation sites (N-methyl/N-ethyl adjacent to an activating group) is 1. The summed E-state index contributed by atoms with van der Waals surface area (Å²) >= 11 is 5.90. The van der Waals surface area contributed by atoms with E-state index in [0.717, 1.165) is 18.9 Å². The van der Waals surface area contributed by atoms with Crippen molar-refractivity contribution in [2.24, 2.45) is 7.05 Å². The highest BCUT2D eigenvalue weighted by Gasteiger charge is 2.18. The standard InChI is InChI=1S/C12H21ClN4O/c1-5-17(6-2)12(18)9(3)14-8-11-15-7-10(13)16(11)4/h7,9,14H,5-6,8H2,1-4H3. The highest BCUT2D eigenvalue weighted by molar-refractivity contribution is 6.29. The summed E-state index contributed by atoms with van der Waals surface area (Å²) < 4.78 is 1.79. The maximum absolute atomic E-state index is 12.0. The van der Waals surface area contributed by atoms with Crippen LogP contribution in [0.2, 0.25) is 5.15 Å². The molecule has 0 bridgehead atoms. The first-order valence-electron chi connectivity index (χ1n) is 6.19. The lowest BCUT2D eigenvalue weighted by Gasteiger charge is -2.23. The van der Waals surface area contributed by atoms with Gasteiger partial charge in [-0.1, -0.05) is 11.6 Å². The molecule has 102 valence electrons. The summed E-state index contributed by atoms with van der Waals surface area (Å²) in [6, 6.07) is -0.222. The van der Waals surface area contributed by atoms with E-state index in [1.165, 1.54) is 0 Å². The topological polar surface area (TPSA) is 50.2 Å². The van der Waals surface area contributed by atoms with Gasteiger partial charge in [-0.15, -0.1) is 0 Å². The molecule has 18 heavy (non-hydrogen) atoms. The molecular weight excluding hydrogens is 252 g/mol. The van der Waals surface area contributed by atoms with Crippen LogP contribution in [-0.2, 0) is 18.4 Å². The van der Waals surface area contributed by atoms with Gasteiger partial charge in [0.15, 0.2) is 0 Å². The molecule has 0 aliphatic carbocycles. The van der Waals surface area contributed by atoms with Gasteiger partial charge in [-0.3, -0.25) is 10.1 Å². The van der Waals surface area contributed by atoms with Gasteiger partial charge in [0, 0.05) is 20.1 Å². The van der Waals surface area contributed by atoms with Crippen LogP contribution in [0.5, 0.6) is 0 Å². The van der Waals surface area contributed by atoms with Crippen molar-refractivity contribution in [2.45, 2.75) is 33.4 Å². The zero-order chi connectivity index (χ0) is 13.7. The molecule has 1 aromatic heterocycles. The molecule has 0 radical (unpaired) electrons. The molecule has 0 aromatic carbocycles. The average Bonchev–Trinajstić information content (AvgIpc) is 2.68. The first kappa shape index (κ1) is 15.0. The van der Waals surface area contributed by atoms with E-state index < -0.39 is 0 Å². The minimum absolute atomic E-state index is 0.111. The molecule has 5 nitrogen and oxygen atoms in total. The highest BCUT2D eigenvalue weighted by atomic mass is 35.5. The van der Waals surface area contributed by atoms with Gasteiger partial charge in [0.1, 0.15) is 11.0 Å². The number of hydrogen-bond donors (Lipinski definition) is 1. The van der Waals surface area contributed by atoms with Crippen LogP contribution in [0.25, 0.3) is 0 Å². The van der Waals surface area contributed by atoms with Crippen molar-refractivity contribution in [3.63, 3.8) is 0 Å². The van der Waals surface area contributed by atoms with Crippen molar-refractivity contribution in [1.82, 2.24) is 19.8 Å². The zero-order valence-electron chi connectivity index (χ0n) is 11.4. The number of nitrogens with one attached hydrogen (secondary N) is 1. The van der Waals surface area contributed by atoms with Crippen molar-refractivity contribution < 1.29 is 4.79 Å². The van der Waals surface area contributed by atoms with E-state index in [9.17, 15) is 4.79 Å². The number of nitrogens with zero attached hydrogens (tertiary/aromatic N) is 3. The predicted molar refractivity (Wildman–Crippen MR) is 72.4 cm³/mol. The van der Waals surface area contributed by atoms with E-state index in [-0.39, 0.29) is 11.9 Å².